The summed E-state index contributed by atoms with van der Waals surface area (Å²) in [5.74, 6) is -2.14. The SMILES string of the molecule is CCOC(=O)C1C(CC)=NC2=C(C(=O)CCC2)[C@H]1c1ccccc1[N+](=O)[O-]. The Bertz CT molecular complexity index is 856. The molecular weight excluding hydrogens is 348 g/mol. The first-order valence-corrected chi connectivity index (χ1v) is 9.23. The molecule has 0 spiro atoms. The minimum atomic E-state index is -0.822. The zero-order valence-electron chi connectivity index (χ0n) is 15.4. The summed E-state index contributed by atoms with van der Waals surface area (Å²) in [6.45, 7) is 3.79. The van der Waals surface area contributed by atoms with Gasteiger partial charge in [0.05, 0.1) is 11.5 Å². The molecule has 27 heavy (non-hydrogen) atoms. The standard InChI is InChI=1S/C20H22N2O5/c1-3-13-19(20(24)27-4-2)17(12-8-5-6-10-15(12)22(25)26)18-14(21-13)9-7-11-16(18)23/h5-6,8,10,17,19H,3-4,7,9,11H2,1-2H3/t17-,19?/m1/s1. The highest BCUT2D eigenvalue weighted by atomic mass is 16.6. The third-order valence-electron chi connectivity index (χ3n) is 5.08. The summed E-state index contributed by atoms with van der Waals surface area (Å²) in [5, 5.41) is 11.6. The lowest BCUT2D eigenvalue weighted by Crippen LogP contribution is -2.38. The van der Waals surface area contributed by atoms with Gasteiger partial charge in [-0.1, -0.05) is 25.1 Å². The van der Waals surface area contributed by atoms with Crippen LogP contribution in [-0.4, -0.2) is 29.0 Å². The lowest BCUT2D eigenvalue weighted by Gasteiger charge is -2.34. The lowest BCUT2D eigenvalue weighted by molar-refractivity contribution is -0.385. The van der Waals surface area contributed by atoms with Crippen LogP contribution < -0.4 is 0 Å². The number of para-hydroxylation sites is 1. The average molecular weight is 370 g/mol. The Morgan fingerprint density at radius 1 is 1.30 bits per heavy atom. The van der Waals surface area contributed by atoms with E-state index in [-0.39, 0.29) is 18.1 Å². The highest BCUT2D eigenvalue weighted by Crippen LogP contribution is 2.46. The summed E-state index contributed by atoms with van der Waals surface area (Å²) < 4.78 is 5.26. The highest BCUT2D eigenvalue weighted by molar-refractivity contribution is 6.09. The third kappa shape index (κ3) is 3.41. The van der Waals surface area contributed by atoms with Crippen molar-refractivity contribution in [3.8, 4) is 0 Å². The van der Waals surface area contributed by atoms with Crippen molar-refractivity contribution in [3.05, 3.63) is 51.2 Å². The van der Waals surface area contributed by atoms with E-state index in [4.69, 9.17) is 4.74 Å². The highest BCUT2D eigenvalue weighted by Gasteiger charge is 2.45. The Balaban J connectivity index is 2.25. The van der Waals surface area contributed by atoms with Gasteiger partial charge in [-0.25, -0.2) is 0 Å². The number of nitro groups is 1. The summed E-state index contributed by atoms with van der Waals surface area (Å²) in [6.07, 6.45) is 2.21. The molecule has 2 atom stereocenters. The van der Waals surface area contributed by atoms with Crippen LogP contribution in [0.25, 0.3) is 0 Å². The fourth-order valence-corrected chi connectivity index (χ4v) is 3.97. The number of nitrogens with zero attached hydrogens (tertiary/aromatic N) is 2. The predicted molar refractivity (Wildman–Crippen MR) is 99.6 cm³/mol. The summed E-state index contributed by atoms with van der Waals surface area (Å²) in [7, 11) is 0. The molecule has 0 bridgehead atoms. The number of ketones is 1. The summed E-state index contributed by atoms with van der Waals surface area (Å²) in [5.41, 5.74) is 1.98. The quantitative estimate of drug-likeness (QED) is 0.447. The van der Waals surface area contributed by atoms with E-state index in [1.807, 2.05) is 6.92 Å². The number of Topliss-reactive ketones (excluding diaryl/α,β-unsaturated/α-hetero) is 1. The number of ether oxygens (including phenoxy) is 1. The average Bonchev–Trinajstić information content (AvgIpc) is 2.66. The largest absolute Gasteiger partial charge is 0.465 e. The lowest BCUT2D eigenvalue weighted by atomic mass is 9.70. The second-order valence-corrected chi connectivity index (χ2v) is 6.62. The second kappa shape index (κ2) is 7.82. The Morgan fingerprint density at radius 2 is 2.04 bits per heavy atom. The maximum Gasteiger partial charge on any atom is 0.315 e. The number of nitro benzene ring substituents is 1. The van der Waals surface area contributed by atoms with Crippen LogP contribution in [0.1, 0.15) is 51.0 Å². The van der Waals surface area contributed by atoms with E-state index < -0.39 is 22.7 Å². The fraction of sp³-hybridized carbons (Fsp3) is 0.450. The minimum absolute atomic E-state index is 0.0902. The van der Waals surface area contributed by atoms with Crippen LogP contribution in [0.4, 0.5) is 5.69 Å². The van der Waals surface area contributed by atoms with E-state index in [1.165, 1.54) is 6.07 Å². The maximum atomic E-state index is 12.8. The molecule has 1 unspecified atom stereocenters. The Labute approximate surface area is 157 Å². The molecule has 7 heteroatoms. The molecule has 0 amide bonds. The first-order valence-electron chi connectivity index (χ1n) is 9.23. The van der Waals surface area contributed by atoms with Crippen molar-refractivity contribution in [2.75, 3.05) is 6.61 Å². The molecule has 1 aromatic rings. The number of carbonyl (C=O) groups is 2. The van der Waals surface area contributed by atoms with Gasteiger partial charge in [0.15, 0.2) is 5.78 Å². The normalized spacial score (nSPS) is 22.1. The van der Waals surface area contributed by atoms with Crippen molar-refractivity contribution in [2.45, 2.75) is 45.4 Å². The van der Waals surface area contributed by atoms with Crippen molar-refractivity contribution in [3.63, 3.8) is 0 Å². The molecule has 142 valence electrons. The van der Waals surface area contributed by atoms with Crippen molar-refractivity contribution in [1.82, 2.24) is 0 Å². The van der Waals surface area contributed by atoms with Gasteiger partial charge in [-0.15, -0.1) is 0 Å². The number of hydrogen-bond acceptors (Lipinski definition) is 6. The first kappa shape index (κ1) is 18.9. The molecule has 0 saturated heterocycles. The summed E-state index contributed by atoms with van der Waals surface area (Å²) in [6, 6.07) is 6.30. The zero-order chi connectivity index (χ0) is 19.6. The van der Waals surface area contributed by atoms with Crippen LogP contribution in [0, 0.1) is 16.0 Å². The van der Waals surface area contributed by atoms with Crippen molar-refractivity contribution in [1.29, 1.82) is 0 Å². The zero-order valence-corrected chi connectivity index (χ0v) is 15.4. The van der Waals surface area contributed by atoms with Gasteiger partial charge in [-0.05, 0) is 26.2 Å². The van der Waals surface area contributed by atoms with Crippen molar-refractivity contribution < 1.29 is 19.2 Å². The molecule has 1 heterocycles. The van der Waals surface area contributed by atoms with E-state index in [9.17, 15) is 19.7 Å². The Hall–Kier alpha value is -2.83. The molecule has 1 aromatic carbocycles. The maximum absolute atomic E-state index is 12.8. The van der Waals surface area contributed by atoms with E-state index in [0.29, 0.717) is 48.2 Å². The molecule has 1 aliphatic carbocycles. The Kier molecular flexibility index (Phi) is 5.48. The molecule has 0 saturated carbocycles. The predicted octanol–water partition coefficient (Wildman–Crippen LogP) is 3.73. The molecule has 0 aromatic heterocycles. The van der Waals surface area contributed by atoms with Gasteiger partial charge in [0, 0.05) is 41.0 Å². The number of aliphatic imine (C=N–C) groups is 1. The number of hydrogen-bond donors (Lipinski definition) is 0. The molecule has 2 aliphatic rings. The van der Waals surface area contributed by atoms with Gasteiger partial charge in [-0.2, -0.15) is 0 Å². The minimum Gasteiger partial charge on any atom is -0.465 e. The van der Waals surface area contributed by atoms with Gasteiger partial charge >= 0.3 is 5.97 Å². The number of allylic oxidation sites excluding steroid dienone is 2. The first-order chi connectivity index (χ1) is 13.0. The van der Waals surface area contributed by atoms with Crippen LogP contribution in [0.2, 0.25) is 0 Å². The van der Waals surface area contributed by atoms with E-state index in [0.717, 1.165) is 0 Å². The van der Waals surface area contributed by atoms with Crippen LogP contribution in [-0.2, 0) is 14.3 Å². The smallest absolute Gasteiger partial charge is 0.315 e. The van der Waals surface area contributed by atoms with Gasteiger partial charge in [0.1, 0.15) is 5.92 Å². The van der Waals surface area contributed by atoms with E-state index in [1.54, 1.807) is 25.1 Å². The van der Waals surface area contributed by atoms with Crippen LogP contribution in [0.15, 0.2) is 40.5 Å². The monoisotopic (exact) mass is 370 g/mol. The van der Waals surface area contributed by atoms with Gasteiger partial charge < -0.3 is 4.74 Å². The third-order valence-corrected chi connectivity index (χ3v) is 5.08. The van der Waals surface area contributed by atoms with Gasteiger partial charge in [0.2, 0.25) is 0 Å². The molecule has 0 radical (unpaired) electrons. The van der Waals surface area contributed by atoms with Gasteiger partial charge in [0.25, 0.3) is 5.69 Å². The fourth-order valence-electron chi connectivity index (χ4n) is 3.97. The molecule has 0 N–H and O–H groups in total. The molecule has 0 fully saturated rings. The van der Waals surface area contributed by atoms with Gasteiger partial charge in [-0.3, -0.25) is 24.7 Å². The van der Waals surface area contributed by atoms with Crippen molar-refractivity contribution >= 4 is 23.2 Å². The molecular formula is C20H22N2O5. The van der Waals surface area contributed by atoms with E-state index >= 15 is 0 Å². The van der Waals surface area contributed by atoms with Crippen LogP contribution in [0.3, 0.4) is 0 Å². The van der Waals surface area contributed by atoms with Crippen LogP contribution in [0.5, 0.6) is 0 Å². The topological polar surface area (TPSA) is 98.9 Å². The summed E-state index contributed by atoms with van der Waals surface area (Å²) in [4.78, 5) is 41.3. The molecule has 1 aliphatic heterocycles. The number of esters is 1. The van der Waals surface area contributed by atoms with E-state index in [2.05, 4.69) is 4.99 Å². The van der Waals surface area contributed by atoms with Crippen LogP contribution >= 0.6 is 0 Å². The molecule has 3 rings (SSSR count). The number of carbonyl (C=O) groups excluding carboxylic acids is 2. The van der Waals surface area contributed by atoms with Crippen molar-refractivity contribution in [2.24, 2.45) is 10.9 Å². The molecule has 7 nitrogen and oxygen atoms in total. The summed E-state index contributed by atoms with van der Waals surface area (Å²) >= 11 is 0. The Morgan fingerprint density at radius 3 is 2.70 bits per heavy atom. The second-order valence-electron chi connectivity index (χ2n) is 6.62. The number of rotatable bonds is 5. The number of benzene rings is 1.